The van der Waals surface area contributed by atoms with Gasteiger partial charge < -0.3 is 15.4 Å². The van der Waals surface area contributed by atoms with Gasteiger partial charge in [0.1, 0.15) is 5.75 Å². The Hall–Kier alpha value is -1.74. The number of ether oxygens (including phenoxy) is 1. The van der Waals surface area contributed by atoms with E-state index in [4.69, 9.17) is 10.00 Å². The molecule has 0 radical (unpaired) electrons. The highest BCUT2D eigenvalue weighted by atomic mass is 79.9. The zero-order valence-electron chi connectivity index (χ0n) is 10.00. The molecule has 0 atom stereocenters. The van der Waals surface area contributed by atoms with Crippen LogP contribution in [0.15, 0.2) is 22.7 Å². The third-order valence-electron chi connectivity index (χ3n) is 2.16. The van der Waals surface area contributed by atoms with Gasteiger partial charge in [0, 0.05) is 18.3 Å². The van der Waals surface area contributed by atoms with E-state index in [1.54, 1.807) is 13.2 Å². The lowest BCUT2D eigenvalue weighted by Gasteiger charge is -2.09. The number of hydrogen-bond acceptors (Lipinski definition) is 4. The molecule has 2 N–H and O–H groups in total. The fraction of sp³-hybridized carbons (Fsp3) is 0.333. The second-order valence-corrected chi connectivity index (χ2v) is 4.32. The molecule has 0 bridgehead atoms. The number of nitrogens with one attached hydrogen (secondary N) is 2. The first-order valence-corrected chi connectivity index (χ1v) is 6.17. The van der Waals surface area contributed by atoms with E-state index in [-0.39, 0.29) is 12.5 Å². The zero-order chi connectivity index (χ0) is 13.4. The molecule has 0 aromatic heterocycles. The summed E-state index contributed by atoms with van der Waals surface area (Å²) in [4.78, 5) is 11.4. The van der Waals surface area contributed by atoms with E-state index in [2.05, 4.69) is 26.6 Å². The van der Waals surface area contributed by atoms with Gasteiger partial charge in [-0.2, -0.15) is 5.26 Å². The van der Waals surface area contributed by atoms with Crippen molar-refractivity contribution >= 4 is 27.5 Å². The number of benzene rings is 1. The minimum atomic E-state index is -0.146. The van der Waals surface area contributed by atoms with E-state index in [1.165, 1.54) is 0 Å². The molecule has 0 aliphatic carbocycles. The van der Waals surface area contributed by atoms with E-state index in [9.17, 15) is 4.79 Å². The van der Waals surface area contributed by atoms with E-state index >= 15 is 0 Å². The molecular weight excluding hydrogens is 298 g/mol. The standard InChI is InChI=1S/C12H14BrN3O2/c1-18-11-7-9(3-4-10(11)13)16-8-12(17)15-6-2-5-14/h3-4,7,16H,2,6,8H2,1H3,(H,15,17). The molecule has 1 aromatic carbocycles. The summed E-state index contributed by atoms with van der Waals surface area (Å²) in [6.45, 7) is 0.539. The average Bonchev–Trinajstić information content (AvgIpc) is 2.38. The summed E-state index contributed by atoms with van der Waals surface area (Å²) in [6, 6.07) is 7.44. The third-order valence-corrected chi connectivity index (χ3v) is 2.82. The summed E-state index contributed by atoms with van der Waals surface area (Å²) in [5.41, 5.74) is 0.797. The highest BCUT2D eigenvalue weighted by Gasteiger charge is 2.03. The largest absolute Gasteiger partial charge is 0.495 e. The van der Waals surface area contributed by atoms with Gasteiger partial charge in [-0.05, 0) is 28.1 Å². The van der Waals surface area contributed by atoms with E-state index < -0.39 is 0 Å². The third kappa shape index (κ3) is 4.63. The topological polar surface area (TPSA) is 74.2 Å². The van der Waals surface area contributed by atoms with Crippen molar-refractivity contribution in [2.75, 3.05) is 25.5 Å². The maximum absolute atomic E-state index is 11.4. The predicted molar refractivity (Wildman–Crippen MR) is 72.4 cm³/mol. The summed E-state index contributed by atoms with van der Waals surface area (Å²) in [6.07, 6.45) is 0.317. The van der Waals surface area contributed by atoms with E-state index in [1.807, 2.05) is 18.2 Å². The number of halogens is 1. The quantitative estimate of drug-likeness (QED) is 0.787. The van der Waals surface area contributed by atoms with Crippen molar-refractivity contribution in [2.24, 2.45) is 0 Å². The van der Waals surface area contributed by atoms with Gasteiger partial charge >= 0.3 is 0 Å². The highest BCUT2D eigenvalue weighted by molar-refractivity contribution is 9.10. The van der Waals surface area contributed by atoms with Gasteiger partial charge in [0.2, 0.25) is 5.91 Å². The van der Waals surface area contributed by atoms with E-state index in [0.29, 0.717) is 18.7 Å². The minimum Gasteiger partial charge on any atom is -0.495 e. The van der Waals surface area contributed by atoms with Crippen molar-refractivity contribution in [3.05, 3.63) is 22.7 Å². The molecule has 0 saturated heterocycles. The SMILES string of the molecule is COc1cc(NCC(=O)NCCC#N)ccc1Br. The van der Waals surface area contributed by atoms with E-state index in [0.717, 1.165) is 10.2 Å². The van der Waals surface area contributed by atoms with Crippen LogP contribution in [-0.2, 0) is 4.79 Å². The van der Waals surface area contributed by atoms with Crippen molar-refractivity contribution < 1.29 is 9.53 Å². The predicted octanol–water partition coefficient (Wildman–Crippen LogP) is 1.90. The number of nitriles is 1. The molecule has 0 heterocycles. The molecule has 0 saturated carbocycles. The van der Waals surface area contributed by atoms with Crippen molar-refractivity contribution in [1.29, 1.82) is 5.26 Å². The smallest absolute Gasteiger partial charge is 0.239 e. The Morgan fingerprint density at radius 3 is 3.00 bits per heavy atom. The number of carbonyl (C=O) groups excluding carboxylic acids is 1. The van der Waals surface area contributed by atoms with Gasteiger partial charge in [0.05, 0.1) is 30.6 Å². The number of amides is 1. The molecule has 1 rings (SSSR count). The maximum Gasteiger partial charge on any atom is 0.239 e. The number of hydrogen-bond donors (Lipinski definition) is 2. The van der Waals surface area contributed by atoms with Crippen molar-refractivity contribution in [2.45, 2.75) is 6.42 Å². The summed E-state index contributed by atoms with van der Waals surface area (Å²) in [5, 5.41) is 13.9. The molecule has 18 heavy (non-hydrogen) atoms. The Labute approximate surface area is 114 Å². The monoisotopic (exact) mass is 311 g/mol. The fourth-order valence-electron chi connectivity index (χ4n) is 1.27. The first-order valence-electron chi connectivity index (χ1n) is 5.38. The zero-order valence-corrected chi connectivity index (χ0v) is 11.6. The minimum absolute atomic E-state index is 0.146. The molecule has 6 heteroatoms. The van der Waals surface area contributed by atoms with Crippen molar-refractivity contribution in [3.63, 3.8) is 0 Å². The number of anilines is 1. The molecule has 0 fully saturated rings. The lowest BCUT2D eigenvalue weighted by Crippen LogP contribution is -2.30. The first-order chi connectivity index (χ1) is 8.67. The van der Waals surface area contributed by atoms with Crippen LogP contribution in [0.4, 0.5) is 5.69 Å². The van der Waals surface area contributed by atoms with Crippen LogP contribution in [0.3, 0.4) is 0 Å². The highest BCUT2D eigenvalue weighted by Crippen LogP contribution is 2.27. The number of methoxy groups -OCH3 is 1. The lowest BCUT2D eigenvalue weighted by atomic mass is 10.3. The Balaban J connectivity index is 2.44. The number of rotatable bonds is 6. The van der Waals surface area contributed by atoms with Crippen molar-refractivity contribution in [3.8, 4) is 11.8 Å². The lowest BCUT2D eigenvalue weighted by molar-refractivity contribution is -0.119. The molecule has 96 valence electrons. The van der Waals surface area contributed by atoms with Crippen molar-refractivity contribution in [1.82, 2.24) is 5.32 Å². The molecule has 1 amide bonds. The van der Waals surface area contributed by atoms with Crippen LogP contribution >= 0.6 is 15.9 Å². The molecule has 0 aliphatic heterocycles. The van der Waals surface area contributed by atoms with Gasteiger partial charge in [-0.3, -0.25) is 4.79 Å². The summed E-state index contributed by atoms with van der Waals surface area (Å²) in [7, 11) is 1.58. The number of nitrogens with zero attached hydrogens (tertiary/aromatic N) is 1. The average molecular weight is 312 g/mol. The molecule has 0 aliphatic rings. The Bertz CT molecular complexity index is 457. The van der Waals surface area contributed by atoms with Crippen LogP contribution in [0.2, 0.25) is 0 Å². The fourth-order valence-corrected chi connectivity index (χ4v) is 1.68. The molecular formula is C12H14BrN3O2. The van der Waals surface area contributed by atoms with Gasteiger partial charge in [-0.25, -0.2) is 0 Å². The molecule has 1 aromatic rings. The van der Waals surface area contributed by atoms with Crippen LogP contribution in [-0.4, -0.2) is 26.1 Å². The van der Waals surface area contributed by atoms with Gasteiger partial charge in [-0.1, -0.05) is 0 Å². The Kier molecular flexibility index (Phi) is 6.01. The summed E-state index contributed by atoms with van der Waals surface area (Å²) < 4.78 is 6.00. The Morgan fingerprint density at radius 2 is 2.33 bits per heavy atom. The van der Waals surface area contributed by atoms with Crippen LogP contribution in [0.5, 0.6) is 5.75 Å². The van der Waals surface area contributed by atoms with Gasteiger partial charge in [0.25, 0.3) is 0 Å². The van der Waals surface area contributed by atoms with Gasteiger partial charge in [-0.15, -0.1) is 0 Å². The van der Waals surface area contributed by atoms with Crippen LogP contribution in [0.1, 0.15) is 6.42 Å². The maximum atomic E-state index is 11.4. The first kappa shape index (κ1) is 14.3. The second kappa shape index (κ2) is 7.56. The number of carbonyl (C=O) groups is 1. The summed E-state index contributed by atoms with van der Waals surface area (Å²) >= 11 is 3.35. The van der Waals surface area contributed by atoms with Gasteiger partial charge in [0.15, 0.2) is 0 Å². The van der Waals surface area contributed by atoms with Crippen LogP contribution < -0.4 is 15.4 Å². The molecule has 0 unspecified atom stereocenters. The normalized spacial score (nSPS) is 9.39. The second-order valence-electron chi connectivity index (χ2n) is 3.46. The molecule has 0 spiro atoms. The van der Waals surface area contributed by atoms with Crippen LogP contribution in [0.25, 0.3) is 0 Å². The molecule has 5 nitrogen and oxygen atoms in total. The summed E-state index contributed by atoms with van der Waals surface area (Å²) in [5.74, 6) is 0.553. The Morgan fingerprint density at radius 1 is 1.56 bits per heavy atom. The van der Waals surface area contributed by atoms with Crippen LogP contribution in [0, 0.1) is 11.3 Å².